The second-order valence-corrected chi connectivity index (χ2v) is 15.6. The van der Waals surface area contributed by atoms with Crippen molar-refractivity contribution in [3.8, 4) is 0 Å². The van der Waals surface area contributed by atoms with Crippen LogP contribution in [-0.2, 0) is 13.9 Å². The lowest BCUT2D eigenvalue weighted by molar-refractivity contribution is -0.0652. The second-order valence-electron chi connectivity index (χ2n) is 9.85. The highest BCUT2D eigenvalue weighted by Gasteiger charge is 2.42. The molecular weight excluding hydrogens is 410 g/mol. The molecule has 0 fully saturated rings. The van der Waals surface area contributed by atoms with Gasteiger partial charge < -0.3 is 13.9 Å². The van der Waals surface area contributed by atoms with Gasteiger partial charge in [-0.1, -0.05) is 47.5 Å². The van der Waals surface area contributed by atoms with Crippen molar-refractivity contribution in [1.29, 1.82) is 0 Å². The van der Waals surface area contributed by atoms with E-state index < -0.39 is 8.32 Å². The van der Waals surface area contributed by atoms with Gasteiger partial charge in [-0.25, -0.2) is 0 Å². The van der Waals surface area contributed by atoms with Gasteiger partial charge in [-0.3, -0.25) is 4.99 Å². The van der Waals surface area contributed by atoms with E-state index in [0.29, 0.717) is 6.61 Å². The van der Waals surface area contributed by atoms with Crippen molar-refractivity contribution < 1.29 is 13.9 Å². The molecule has 180 valence electrons. The first kappa shape index (κ1) is 30.1. The average molecular weight is 462 g/mol. The van der Waals surface area contributed by atoms with Crippen molar-refractivity contribution in [2.75, 3.05) is 32.6 Å². The largest absolute Gasteiger partial charge is 0.411 e. The maximum atomic E-state index is 6.98. The zero-order valence-electron chi connectivity index (χ0n) is 21.7. The molecule has 0 aliphatic carbocycles. The van der Waals surface area contributed by atoms with Crippen LogP contribution in [-0.4, -0.2) is 58.2 Å². The molecule has 0 spiro atoms. The zero-order chi connectivity index (χ0) is 23.2. The molecule has 0 saturated carbocycles. The molecule has 0 unspecified atom stereocenters. The lowest BCUT2D eigenvalue weighted by Gasteiger charge is -2.43. The van der Waals surface area contributed by atoms with E-state index in [1.54, 1.807) is 11.8 Å². The summed E-state index contributed by atoms with van der Waals surface area (Å²) in [7, 11) is -1.94. The number of nitrogens with zero attached hydrogens (tertiary/aromatic N) is 1. The standard InChI is InChI=1S/C24H51NO3SSi/c1-11-13-17-26-19-22(15-16-25-21(4)29-8)23(20(3)27-18-14-12-2)28-30(9,10)24(5,6)7/h20,22-23H,11-19H2,1-10H3/b25-21-/t20-,22-,23+/m1/s1. The summed E-state index contributed by atoms with van der Waals surface area (Å²) in [4.78, 5) is 4.73. The van der Waals surface area contributed by atoms with Gasteiger partial charge in [0.2, 0.25) is 0 Å². The van der Waals surface area contributed by atoms with Gasteiger partial charge in [0.15, 0.2) is 8.32 Å². The minimum absolute atomic E-state index is 0.0363. The molecular formula is C24H51NO3SSi. The van der Waals surface area contributed by atoms with Gasteiger partial charge in [-0.15, -0.1) is 11.8 Å². The fourth-order valence-corrected chi connectivity index (χ4v) is 4.52. The third-order valence-corrected chi connectivity index (χ3v) is 11.3. The van der Waals surface area contributed by atoms with E-state index in [1.165, 1.54) is 0 Å². The highest BCUT2D eigenvalue weighted by atomic mass is 32.2. The SMILES string of the molecule is CCCCOC[C@@H](CC/N=C(/C)SC)[C@@H](O[Si](C)(C)C(C)(C)C)[C@@H](C)OCCCC. The van der Waals surface area contributed by atoms with Crippen LogP contribution in [0, 0.1) is 5.92 Å². The van der Waals surface area contributed by atoms with Crippen molar-refractivity contribution in [2.45, 2.75) is 111 Å². The van der Waals surface area contributed by atoms with Crippen LogP contribution in [0.3, 0.4) is 0 Å². The highest BCUT2D eigenvalue weighted by molar-refractivity contribution is 8.13. The van der Waals surface area contributed by atoms with Crippen LogP contribution in [0.15, 0.2) is 4.99 Å². The van der Waals surface area contributed by atoms with Crippen LogP contribution in [0.2, 0.25) is 18.1 Å². The normalized spacial score (nSPS) is 16.5. The fourth-order valence-electron chi connectivity index (χ4n) is 2.88. The Kier molecular flexibility index (Phi) is 15.9. The summed E-state index contributed by atoms with van der Waals surface area (Å²) in [5.41, 5.74) is 0. The average Bonchev–Trinajstić information content (AvgIpc) is 2.67. The molecule has 0 heterocycles. The molecule has 4 nitrogen and oxygen atoms in total. The number of ether oxygens (including phenoxy) is 2. The Labute approximate surface area is 193 Å². The third-order valence-electron chi connectivity index (χ3n) is 6.15. The van der Waals surface area contributed by atoms with E-state index in [4.69, 9.17) is 18.9 Å². The number of rotatable bonds is 16. The summed E-state index contributed by atoms with van der Waals surface area (Å²) in [6.45, 7) is 23.4. The lowest BCUT2D eigenvalue weighted by Crippen LogP contribution is -2.50. The predicted molar refractivity (Wildman–Crippen MR) is 138 cm³/mol. The monoisotopic (exact) mass is 461 g/mol. The first-order valence-electron chi connectivity index (χ1n) is 11.9. The van der Waals surface area contributed by atoms with Crippen LogP contribution in [0.5, 0.6) is 0 Å². The fraction of sp³-hybridized carbons (Fsp3) is 0.958. The summed E-state index contributed by atoms with van der Waals surface area (Å²) in [6, 6.07) is 0. The van der Waals surface area contributed by atoms with Crippen LogP contribution in [0.1, 0.15) is 80.6 Å². The van der Waals surface area contributed by atoms with Gasteiger partial charge in [0.25, 0.3) is 0 Å². The molecule has 6 heteroatoms. The number of unbranched alkanes of at least 4 members (excludes halogenated alkanes) is 2. The van der Waals surface area contributed by atoms with Crippen molar-refractivity contribution in [1.82, 2.24) is 0 Å². The van der Waals surface area contributed by atoms with E-state index in [0.717, 1.165) is 56.9 Å². The zero-order valence-corrected chi connectivity index (χ0v) is 23.5. The first-order chi connectivity index (χ1) is 14.0. The summed E-state index contributed by atoms with van der Waals surface area (Å²) < 4.78 is 19.3. The highest BCUT2D eigenvalue weighted by Crippen LogP contribution is 2.39. The maximum Gasteiger partial charge on any atom is 0.192 e. The van der Waals surface area contributed by atoms with Gasteiger partial charge in [-0.2, -0.15) is 0 Å². The number of thioether (sulfide) groups is 1. The van der Waals surface area contributed by atoms with Crippen molar-refractivity contribution in [3.05, 3.63) is 0 Å². The summed E-state index contributed by atoms with van der Waals surface area (Å²) >= 11 is 1.71. The summed E-state index contributed by atoms with van der Waals surface area (Å²) in [5, 5.41) is 1.30. The van der Waals surface area contributed by atoms with E-state index in [-0.39, 0.29) is 23.2 Å². The van der Waals surface area contributed by atoms with Gasteiger partial charge in [0.05, 0.1) is 23.9 Å². The van der Waals surface area contributed by atoms with E-state index in [9.17, 15) is 0 Å². The molecule has 0 N–H and O–H groups in total. The van der Waals surface area contributed by atoms with Crippen LogP contribution in [0.25, 0.3) is 0 Å². The van der Waals surface area contributed by atoms with Crippen molar-refractivity contribution in [3.63, 3.8) is 0 Å². The second kappa shape index (κ2) is 15.8. The molecule has 0 aliphatic heterocycles. The minimum Gasteiger partial charge on any atom is -0.411 e. The molecule has 0 radical (unpaired) electrons. The Bertz CT molecular complexity index is 466. The molecule has 0 aromatic rings. The molecule has 30 heavy (non-hydrogen) atoms. The summed E-state index contributed by atoms with van der Waals surface area (Å²) in [5.74, 6) is 0.283. The number of hydrogen-bond acceptors (Lipinski definition) is 5. The third kappa shape index (κ3) is 12.2. The number of hydrogen-bond donors (Lipinski definition) is 0. The molecule has 0 aromatic heterocycles. The molecule has 0 aromatic carbocycles. The Hall–Kier alpha value is 0.117. The quantitative estimate of drug-likeness (QED) is 0.106. The van der Waals surface area contributed by atoms with Gasteiger partial charge in [0.1, 0.15) is 0 Å². The van der Waals surface area contributed by atoms with Crippen LogP contribution < -0.4 is 0 Å². The number of aliphatic imine (C=N–C) groups is 1. The van der Waals surface area contributed by atoms with Gasteiger partial charge in [-0.05, 0) is 57.5 Å². The minimum atomic E-state index is -1.94. The molecule has 0 amide bonds. The summed E-state index contributed by atoms with van der Waals surface area (Å²) in [6.07, 6.45) is 7.63. The van der Waals surface area contributed by atoms with E-state index >= 15 is 0 Å². The Balaban J connectivity index is 5.52. The van der Waals surface area contributed by atoms with Gasteiger partial charge in [0, 0.05) is 25.7 Å². The van der Waals surface area contributed by atoms with E-state index in [1.807, 2.05) is 0 Å². The van der Waals surface area contributed by atoms with Crippen molar-refractivity contribution in [2.24, 2.45) is 10.9 Å². The van der Waals surface area contributed by atoms with Crippen LogP contribution >= 0.6 is 11.8 Å². The molecule has 0 aliphatic rings. The van der Waals surface area contributed by atoms with Crippen LogP contribution in [0.4, 0.5) is 0 Å². The smallest absolute Gasteiger partial charge is 0.192 e. The first-order valence-corrected chi connectivity index (χ1v) is 16.1. The lowest BCUT2D eigenvalue weighted by atomic mass is 9.95. The molecule has 3 atom stereocenters. The Morgan fingerprint density at radius 3 is 2.20 bits per heavy atom. The Morgan fingerprint density at radius 2 is 1.67 bits per heavy atom. The topological polar surface area (TPSA) is 40.0 Å². The predicted octanol–water partition coefficient (Wildman–Crippen LogP) is 7.19. The van der Waals surface area contributed by atoms with Gasteiger partial charge >= 0.3 is 0 Å². The molecule has 0 saturated heterocycles. The molecule has 0 bridgehead atoms. The molecule has 0 rings (SSSR count). The van der Waals surface area contributed by atoms with E-state index in [2.05, 4.69) is 67.8 Å². The Morgan fingerprint density at radius 1 is 1.07 bits per heavy atom. The van der Waals surface area contributed by atoms with Crippen molar-refractivity contribution >= 4 is 25.1 Å². The maximum absolute atomic E-state index is 6.98.